The van der Waals surface area contributed by atoms with Gasteiger partial charge in [0.2, 0.25) is 5.95 Å². The van der Waals surface area contributed by atoms with E-state index in [0.717, 1.165) is 79.1 Å². The molecular weight excluding hydrogens is 466 g/mol. The second-order valence-electron chi connectivity index (χ2n) is 10.0. The summed E-state index contributed by atoms with van der Waals surface area (Å²) in [5.74, 6) is 1.82. The molecule has 5 rings (SSSR count). The van der Waals surface area contributed by atoms with E-state index in [1.807, 2.05) is 12.1 Å². The molecule has 1 N–H and O–H groups in total. The maximum atomic E-state index is 12.9. The molecule has 0 bridgehead atoms. The zero-order valence-corrected chi connectivity index (χ0v) is 21.8. The molecule has 182 valence electrons. The average molecular weight is 500 g/mol. The average Bonchev–Trinajstić information content (AvgIpc) is 3.33. The number of ether oxygens (including phenoxy) is 1. The third kappa shape index (κ3) is 5.18. The Hall–Kier alpha value is -1.91. The highest BCUT2D eigenvalue weighted by Crippen LogP contribution is 2.32. The summed E-state index contributed by atoms with van der Waals surface area (Å²) in [4.78, 5) is 15.3. The summed E-state index contributed by atoms with van der Waals surface area (Å²) in [6.45, 7) is 11.4. The summed E-state index contributed by atoms with van der Waals surface area (Å²) >= 11 is 0.491. The van der Waals surface area contributed by atoms with Crippen molar-refractivity contribution in [1.82, 2.24) is 14.7 Å². The van der Waals surface area contributed by atoms with Crippen molar-refractivity contribution in [3.05, 3.63) is 41.3 Å². The van der Waals surface area contributed by atoms with Crippen molar-refractivity contribution >= 4 is 44.7 Å². The Kier molecular flexibility index (Phi) is 7.00. The lowest BCUT2D eigenvalue weighted by atomic mass is 9.87. The minimum atomic E-state index is -1.21. The number of fused-ring (bicyclic) bond motifs is 1. The molecule has 1 aromatic carbocycles. The van der Waals surface area contributed by atoms with Gasteiger partial charge in [0, 0.05) is 26.2 Å². The van der Waals surface area contributed by atoms with E-state index in [0.29, 0.717) is 0 Å². The highest BCUT2D eigenvalue weighted by Gasteiger charge is 2.27. The van der Waals surface area contributed by atoms with E-state index in [4.69, 9.17) is 14.7 Å². The van der Waals surface area contributed by atoms with Gasteiger partial charge in [-0.1, -0.05) is 32.9 Å². The minimum absolute atomic E-state index is 0.0933. The van der Waals surface area contributed by atoms with Gasteiger partial charge < -0.3 is 19.1 Å². The molecule has 2 saturated heterocycles. The summed E-state index contributed by atoms with van der Waals surface area (Å²) in [6, 6.07) is 10.4. The van der Waals surface area contributed by atoms with Crippen molar-refractivity contribution in [2.45, 2.75) is 50.0 Å². The van der Waals surface area contributed by atoms with Crippen LogP contribution in [0.2, 0.25) is 0 Å². The van der Waals surface area contributed by atoms with Crippen LogP contribution in [0.25, 0.3) is 10.2 Å². The Morgan fingerprint density at radius 2 is 1.71 bits per heavy atom. The molecule has 9 heteroatoms. The van der Waals surface area contributed by atoms with Gasteiger partial charge in [0.05, 0.1) is 40.8 Å². The van der Waals surface area contributed by atoms with Crippen LogP contribution in [0, 0.1) is 0 Å². The molecule has 7 nitrogen and oxygen atoms in total. The molecule has 0 amide bonds. The molecule has 4 heterocycles. The molecule has 0 spiro atoms. The first-order valence-corrected chi connectivity index (χ1v) is 14.0. The number of anilines is 2. The molecule has 2 aliphatic heterocycles. The first-order valence-electron chi connectivity index (χ1n) is 12.0. The fourth-order valence-corrected chi connectivity index (χ4v) is 6.37. The van der Waals surface area contributed by atoms with E-state index in [2.05, 4.69) is 58.9 Å². The van der Waals surface area contributed by atoms with E-state index in [1.54, 1.807) is 11.3 Å². The maximum absolute atomic E-state index is 12.9. The standard InChI is InChI=1S/C25H33N5O2S2/c1-25(2,3)18-4-6-20(7-5-18)34(31)28-19-8-11-30(12-9-19)24-26-21-10-17-33-22(21)23(27-24)29-13-15-32-16-14-29/h4-7,10,17,19,28H,8-9,11-16H2,1-3H3. The van der Waals surface area contributed by atoms with Crippen LogP contribution in [0.3, 0.4) is 0 Å². The Bertz CT molecular complexity index is 1100. The number of nitrogens with zero attached hydrogens (tertiary/aromatic N) is 4. The van der Waals surface area contributed by atoms with Crippen molar-refractivity contribution in [3.63, 3.8) is 0 Å². The first-order chi connectivity index (χ1) is 16.4. The van der Waals surface area contributed by atoms with Gasteiger partial charge >= 0.3 is 0 Å². The van der Waals surface area contributed by atoms with Gasteiger partial charge in [0.25, 0.3) is 0 Å². The lowest BCUT2D eigenvalue weighted by Crippen LogP contribution is -2.45. The maximum Gasteiger partial charge on any atom is 0.227 e. The van der Waals surface area contributed by atoms with Gasteiger partial charge in [-0.25, -0.2) is 4.98 Å². The molecule has 0 aliphatic carbocycles. The normalized spacial score (nSPS) is 19.1. The molecule has 0 radical (unpaired) electrons. The van der Waals surface area contributed by atoms with Crippen LogP contribution in [-0.2, 0) is 21.5 Å². The van der Waals surface area contributed by atoms with Crippen LogP contribution >= 0.6 is 11.3 Å². The van der Waals surface area contributed by atoms with Crippen molar-refractivity contribution < 1.29 is 9.29 Å². The van der Waals surface area contributed by atoms with Crippen LogP contribution in [0.15, 0.2) is 40.6 Å². The number of hydrogen-bond acceptors (Lipinski definition) is 8. The largest absolute Gasteiger partial charge is 0.593 e. The van der Waals surface area contributed by atoms with E-state index in [9.17, 15) is 4.55 Å². The summed E-state index contributed by atoms with van der Waals surface area (Å²) in [6.07, 6.45) is 1.81. The monoisotopic (exact) mass is 499 g/mol. The fraction of sp³-hybridized carbons (Fsp3) is 0.520. The summed E-state index contributed by atoms with van der Waals surface area (Å²) in [5, 5.41) is 2.09. The van der Waals surface area contributed by atoms with Gasteiger partial charge in [-0.3, -0.25) is 0 Å². The number of aromatic nitrogens is 2. The van der Waals surface area contributed by atoms with Crippen LogP contribution < -0.4 is 14.5 Å². The van der Waals surface area contributed by atoms with Crippen molar-refractivity contribution in [2.24, 2.45) is 0 Å². The number of piperidine rings is 1. The van der Waals surface area contributed by atoms with E-state index in [-0.39, 0.29) is 11.5 Å². The second-order valence-corrected chi connectivity index (χ2v) is 12.2. The van der Waals surface area contributed by atoms with Gasteiger partial charge in [0.15, 0.2) is 10.7 Å². The first kappa shape index (κ1) is 23.8. The predicted octanol–water partition coefficient (Wildman–Crippen LogP) is 4.11. The SMILES string of the molecule is CC(C)(C)c1ccc([S+]([O-])NC2CCN(c3nc(N4CCOCC4)c4sccc4n3)CC2)cc1. The Balaban J connectivity index is 1.23. The molecule has 3 aromatic rings. The van der Waals surface area contributed by atoms with Crippen LogP contribution in [0.5, 0.6) is 0 Å². The molecular formula is C25H33N5O2S2. The van der Waals surface area contributed by atoms with E-state index in [1.165, 1.54) is 5.56 Å². The molecule has 2 fully saturated rings. The van der Waals surface area contributed by atoms with Crippen LogP contribution in [0.1, 0.15) is 39.2 Å². The molecule has 0 saturated carbocycles. The molecule has 2 aliphatic rings. The van der Waals surface area contributed by atoms with E-state index < -0.39 is 11.4 Å². The lowest BCUT2D eigenvalue weighted by Gasteiger charge is -2.33. The predicted molar refractivity (Wildman–Crippen MR) is 140 cm³/mol. The quantitative estimate of drug-likeness (QED) is 0.530. The zero-order chi connectivity index (χ0) is 23.7. The number of morpholine rings is 1. The number of benzene rings is 1. The van der Waals surface area contributed by atoms with Crippen molar-refractivity contribution in [1.29, 1.82) is 0 Å². The molecule has 34 heavy (non-hydrogen) atoms. The van der Waals surface area contributed by atoms with Crippen LogP contribution in [-0.4, -0.2) is 60.0 Å². The number of nitrogens with one attached hydrogen (secondary N) is 1. The topological polar surface area (TPSA) is 76.6 Å². The lowest BCUT2D eigenvalue weighted by molar-refractivity contribution is 0.122. The van der Waals surface area contributed by atoms with E-state index >= 15 is 0 Å². The van der Waals surface area contributed by atoms with Gasteiger partial charge in [-0.15, -0.1) is 16.1 Å². The molecule has 1 atom stereocenters. The molecule has 1 unspecified atom stereocenters. The summed E-state index contributed by atoms with van der Waals surface area (Å²) in [5.41, 5.74) is 2.35. The Morgan fingerprint density at radius 3 is 2.38 bits per heavy atom. The summed E-state index contributed by atoms with van der Waals surface area (Å²) in [7, 11) is 0. The summed E-state index contributed by atoms with van der Waals surface area (Å²) < 4.78 is 22.9. The number of thiophene rings is 1. The highest BCUT2D eigenvalue weighted by atomic mass is 32.2. The highest BCUT2D eigenvalue weighted by molar-refractivity contribution is 7.89. The smallest absolute Gasteiger partial charge is 0.227 e. The van der Waals surface area contributed by atoms with Gasteiger partial charge in [-0.2, -0.15) is 4.98 Å². The Morgan fingerprint density at radius 1 is 1.00 bits per heavy atom. The minimum Gasteiger partial charge on any atom is -0.593 e. The Labute approximate surface area is 208 Å². The molecule has 2 aromatic heterocycles. The number of hydrogen-bond donors (Lipinski definition) is 1. The zero-order valence-electron chi connectivity index (χ0n) is 20.1. The van der Waals surface area contributed by atoms with Gasteiger partial charge in [0.1, 0.15) is 0 Å². The third-order valence-electron chi connectivity index (χ3n) is 6.57. The van der Waals surface area contributed by atoms with Crippen LogP contribution in [0.4, 0.5) is 11.8 Å². The number of rotatable bonds is 5. The second kappa shape index (κ2) is 9.99. The van der Waals surface area contributed by atoms with Crippen molar-refractivity contribution in [3.8, 4) is 0 Å². The van der Waals surface area contributed by atoms with Gasteiger partial charge in [-0.05, 0) is 47.4 Å². The fourth-order valence-electron chi connectivity index (χ4n) is 4.46. The third-order valence-corrected chi connectivity index (χ3v) is 8.72. The van der Waals surface area contributed by atoms with Crippen molar-refractivity contribution in [2.75, 3.05) is 49.2 Å².